The summed E-state index contributed by atoms with van der Waals surface area (Å²) in [6.45, 7) is 4.23. The number of likely N-dealkylation sites (tertiary alicyclic amines) is 1. The summed E-state index contributed by atoms with van der Waals surface area (Å²) in [7, 11) is 0. The molecule has 0 aromatic carbocycles. The maximum atomic E-state index is 11.6. The third-order valence-corrected chi connectivity index (χ3v) is 4.36. The molecule has 0 spiro atoms. The Kier molecular flexibility index (Phi) is 5.72. The molecule has 0 radical (unpaired) electrons. The molecule has 0 aromatic rings. The normalized spacial score (nSPS) is 18.1. The maximum absolute atomic E-state index is 11.6. The fraction of sp³-hybridized carbons (Fsp3) is 0.727. The van der Waals surface area contributed by atoms with Crippen molar-refractivity contribution < 1.29 is 9.59 Å². The molecule has 20 heavy (non-hydrogen) atoms. The molecule has 2 heterocycles. The number of thiocarbonyl (C=S) groups is 1. The summed E-state index contributed by atoms with van der Waals surface area (Å²) in [6, 6.07) is -0.210. The average Bonchev–Trinajstić information content (AvgIpc) is 3.07. The van der Waals surface area contributed by atoms with Crippen LogP contribution in [-0.2, 0) is 0 Å². The van der Waals surface area contributed by atoms with Crippen LogP contribution in [0.5, 0.6) is 0 Å². The Hall–Kier alpha value is -1.22. The van der Waals surface area contributed by atoms with Gasteiger partial charge in [0.25, 0.3) is 5.24 Å². The van der Waals surface area contributed by atoms with E-state index in [0.717, 1.165) is 30.1 Å². The molecule has 0 saturated carbocycles. The Balaban J connectivity index is 1.55. The lowest BCUT2D eigenvalue weighted by molar-refractivity contribution is 0.237. The second kappa shape index (κ2) is 7.53. The second-order valence-corrected chi connectivity index (χ2v) is 5.95. The minimum Gasteiger partial charge on any atom is -0.361 e. The van der Waals surface area contributed by atoms with Gasteiger partial charge in [-0.1, -0.05) is 0 Å². The van der Waals surface area contributed by atoms with E-state index in [1.807, 2.05) is 0 Å². The highest BCUT2D eigenvalue weighted by Gasteiger charge is 2.23. The lowest BCUT2D eigenvalue weighted by Gasteiger charge is -2.19. The van der Waals surface area contributed by atoms with Gasteiger partial charge in [0, 0.05) is 32.7 Å². The highest BCUT2D eigenvalue weighted by molar-refractivity contribution is 8.11. The number of rotatable bonds is 4. The summed E-state index contributed by atoms with van der Waals surface area (Å²) in [5.74, 6) is 0. The molecular weight excluding hydrogens is 298 g/mol. The topological polar surface area (TPSA) is 76.7 Å². The number of nitrogens with one attached hydrogen (secondary N) is 3. The summed E-state index contributed by atoms with van der Waals surface area (Å²) in [5.41, 5.74) is 0. The molecular formula is C11H19N5O2S2. The van der Waals surface area contributed by atoms with Gasteiger partial charge in [0.15, 0.2) is 5.11 Å². The molecule has 0 atom stereocenters. The smallest absolute Gasteiger partial charge is 0.327 e. The Morgan fingerprint density at radius 2 is 1.95 bits per heavy atom. The molecule has 0 aliphatic carbocycles. The van der Waals surface area contributed by atoms with Crippen LogP contribution in [0.4, 0.5) is 9.59 Å². The number of hydrogen-bond acceptors (Lipinski definition) is 4. The summed E-state index contributed by atoms with van der Waals surface area (Å²) < 4.78 is 1.41. The van der Waals surface area contributed by atoms with Crippen molar-refractivity contribution in [2.75, 3.05) is 39.3 Å². The van der Waals surface area contributed by atoms with Gasteiger partial charge in [-0.2, -0.15) is 0 Å². The first-order chi connectivity index (χ1) is 9.66. The summed E-state index contributed by atoms with van der Waals surface area (Å²) in [5, 5.41) is 9.03. The number of carbonyl (C=O) groups is 2. The van der Waals surface area contributed by atoms with Crippen molar-refractivity contribution in [1.29, 1.82) is 0 Å². The van der Waals surface area contributed by atoms with Crippen LogP contribution in [0.2, 0.25) is 0 Å². The van der Waals surface area contributed by atoms with Crippen molar-refractivity contribution in [3.63, 3.8) is 0 Å². The van der Waals surface area contributed by atoms with Crippen LogP contribution in [-0.4, -0.2) is 64.9 Å². The van der Waals surface area contributed by atoms with Crippen molar-refractivity contribution in [2.24, 2.45) is 0 Å². The predicted octanol–water partition coefficient (Wildman–Crippen LogP) is 0.340. The summed E-state index contributed by atoms with van der Waals surface area (Å²) in [4.78, 5) is 25.0. The third-order valence-electron chi connectivity index (χ3n) is 3.07. The SMILES string of the molecule is O=C(NCCNC(=S)N1CCCC1)SN1CCNC1=O. The van der Waals surface area contributed by atoms with Crippen molar-refractivity contribution in [1.82, 2.24) is 25.2 Å². The molecule has 112 valence electrons. The molecule has 9 heteroatoms. The molecule has 2 rings (SSSR count). The monoisotopic (exact) mass is 317 g/mol. The van der Waals surface area contributed by atoms with Gasteiger partial charge in [0.2, 0.25) is 0 Å². The van der Waals surface area contributed by atoms with Gasteiger partial charge in [0.1, 0.15) is 0 Å². The zero-order chi connectivity index (χ0) is 14.4. The Labute approximate surface area is 127 Å². The van der Waals surface area contributed by atoms with E-state index in [0.29, 0.717) is 26.2 Å². The zero-order valence-electron chi connectivity index (χ0n) is 11.2. The molecule has 7 nitrogen and oxygen atoms in total. The van der Waals surface area contributed by atoms with Gasteiger partial charge in [-0.15, -0.1) is 0 Å². The maximum Gasteiger partial charge on any atom is 0.327 e. The Bertz CT molecular complexity index is 387. The highest BCUT2D eigenvalue weighted by Crippen LogP contribution is 2.13. The largest absolute Gasteiger partial charge is 0.361 e. The van der Waals surface area contributed by atoms with E-state index < -0.39 is 0 Å². The minimum atomic E-state index is -0.226. The van der Waals surface area contributed by atoms with E-state index in [1.165, 1.54) is 17.1 Å². The van der Waals surface area contributed by atoms with Crippen LogP contribution in [0.1, 0.15) is 12.8 Å². The number of amides is 3. The minimum absolute atomic E-state index is 0.210. The van der Waals surface area contributed by atoms with Crippen LogP contribution in [0.25, 0.3) is 0 Å². The number of hydrogen-bond donors (Lipinski definition) is 3. The van der Waals surface area contributed by atoms with Gasteiger partial charge in [-0.05, 0) is 25.1 Å². The van der Waals surface area contributed by atoms with Gasteiger partial charge in [-0.3, -0.25) is 9.10 Å². The Morgan fingerprint density at radius 1 is 1.25 bits per heavy atom. The molecule has 2 aliphatic heterocycles. The molecule has 2 fully saturated rings. The van der Waals surface area contributed by atoms with Crippen LogP contribution in [0, 0.1) is 0 Å². The molecule has 0 unspecified atom stereocenters. The van der Waals surface area contributed by atoms with Gasteiger partial charge in [-0.25, -0.2) is 4.79 Å². The van der Waals surface area contributed by atoms with Crippen LogP contribution in [0.15, 0.2) is 0 Å². The first-order valence-corrected chi connectivity index (χ1v) is 7.89. The van der Waals surface area contributed by atoms with Gasteiger partial charge >= 0.3 is 6.03 Å². The van der Waals surface area contributed by atoms with E-state index in [4.69, 9.17) is 12.2 Å². The third kappa shape index (κ3) is 4.41. The number of urea groups is 1. The summed E-state index contributed by atoms with van der Waals surface area (Å²) >= 11 is 6.16. The lowest BCUT2D eigenvalue weighted by atomic mass is 10.4. The predicted molar refractivity (Wildman–Crippen MR) is 82.5 cm³/mol. The first kappa shape index (κ1) is 15.2. The molecule has 2 saturated heterocycles. The van der Waals surface area contributed by atoms with Crippen LogP contribution >= 0.6 is 24.2 Å². The fourth-order valence-electron chi connectivity index (χ4n) is 2.04. The molecule has 3 amide bonds. The highest BCUT2D eigenvalue weighted by atomic mass is 32.2. The standard InChI is InChI=1S/C11H19N5O2S2/c17-9-12-5-8-16(9)20-11(18)14-4-3-13-10(19)15-6-1-2-7-15/h1-8H2,(H,12,17)(H,13,19)(H,14,18). The van der Waals surface area contributed by atoms with Crippen LogP contribution < -0.4 is 16.0 Å². The molecule has 3 N–H and O–H groups in total. The lowest BCUT2D eigenvalue weighted by Crippen LogP contribution is -2.41. The van der Waals surface area contributed by atoms with E-state index >= 15 is 0 Å². The molecule has 2 aliphatic rings. The van der Waals surface area contributed by atoms with Crippen molar-refractivity contribution in [3.8, 4) is 0 Å². The number of carbonyl (C=O) groups excluding carboxylic acids is 2. The quantitative estimate of drug-likeness (QED) is 0.394. The van der Waals surface area contributed by atoms with Gasteiger partial charge in [0.05, 0.1) is 18.5 Å². The zero-order valence-corrected chi connectivity index (χ0v) is 12.8. The summed E-state index contributed by atoms with van der Waals surface area (Å²) in [6.07, 6.45) is 2.38. The number of nitrogens with zero attached hydrogens (tertiary/aromatic N) is 2. The van der Waals surface area contributed by atoms with E-state index in [1.54, 1.807) is 0 Å². The first-order valence-electron chi connectivity index (χ1n) is 6.71. The molecule has 0 aromatic heterocycles. The molecule has 0 bridgehead atoms. The van der Waals surface area contributed by atoms with Crippen molar-refractivity contribution in [3.05, 3.63) is 0 Å². The van der Waals surface area contributed by atoms with Gasteiger partial charge < -0.3 is 20.9 Å². The van der Waals surface area contributed by atoms with E-state index in [-0.39, 0.29) is 11.3 Å². The second-order valence-electron chi connectivity index (χ2n) is 4.57. The van der Waals surface area contributed by atoms with Crippen LogP contribution in [0.3, 0.4) is 0 Å². The van der Waals surface area contributed by atoms with E-state index in [9.17, 15) is 9.59 Å². The Morgan fingerprint density at radius 3 is 2.60 bits per heavy atom. The van der Waals surface area contributed by atoms with E-state index in [2.05, 4.69) is 20.9 Å². The average molecular weight is 317 g/mol. The van der Waals surface area contributed by atoms with Crippen molar-refractivity contribution >= 4 is 40.5 Å². The van der Waals surface area contributed by atoms with Crippen molar-refractivity contribution in [2.45, 2.75) is 12.8 Å². The fourth-order valence-corrected chi connectivity index (χ4v) is 3.02.